The molecule has 0 aliphatic heterocycles. The second-order valence-electron chi connectivity index (χ2n) is 5.95. The summed E-state index contributed by atoms with van der Waals surface area (Å²) in [6.07, 6.45) is 0.999. The van der Waals surface area contributed by atoms with Gasteiger partial charge in [-0.25, -0.2) is 13.1 Å². The van der Waals surface area contributed by atoms with Gasteiger partial charge < -0.3 is 5.32 Å². The second kappa shape index (κ2) is 7.04. The third kappa shape index (κ3) is 6.27. The van der Waals surface area contributed by atoms with Crippen molar-refractivity contribution in [3.8, 4) is 0 Å². The minimum Gasteiger partial charge on any atom is -0.356 e. The molecule has 0 spiro atoms. The lowest BCUT2D eigenvalue weighted by molar-refractivity contribution is -0.120. The maximum absolute atomic E-state index is 12.1. The standard InChI is InChI=1S/C15H24N2O3S/c1-5-16-14(18)11-8-12-6-9-13(10-7-12)21(19,20)17-15(2,3)4/h6-7,9-10,17H,5,8,11H2,1-4H3,(H,16,18). The van der Waals surface area contributed by atoms with Crippen LogP contribution >= 0.6 is 0 Å². The molecule has 1 aromatic carbocycles. The second-order valence-corrected chi connectivity index (χ2v) is 7.64. The Bertz CT molecular complexity index is 572. The third-order valence-corrected chi connectivity index (χ3v) is 4.46. The molecule has 0 heterocycles. The van der Waals surface area contributed by atoms with Gasteiger partial charge in [0.1, 0.15) is 0 Å². The number of hydrogen-bond acceptors (Lipinski definition) is 3. The normalized spacial score (nSPS) is 12.2. The highest BCUT2D eigenvalue weighted by atomic mass is 32.2. The first-order valence-corrected chi connectivity index (χ1v) is 8.52. The first-order chi connectivity index (χ1) is 9.64. The number of carbonyl (C=O) groups is 1. The number of carbonyl (C=O) groups excluding carboxylic acids is 1. The summed E-state index contributed by atoms with van der Waals surface area (Å²) in [7, 11) is -3.50. The van der Waals surface area contributed by atoms with Crippen LogP contribution in [0.15, 0.2) is 29.2 Å². The van der Waals surface area contributed by atoms with E-state index in [0.717, 1.165) is 5.56 Å². The molecule has 0 aromatic heterocycles. The molecule has 0 aliphatic rings. The van der Waals surface area contributed by atoms with Crippen LogP contribution in [-0.2, 0) is 21.2 Å². The smallest absolute Gasteiger partial charge is 0.241 e. The van der Waals surface area contributed by atoms with E-state index in [0.29, 0.717) is 19.4 Å². The van der Waals surface area contributed by atoms with Gasteiger partial charge in [0.05, 0.1) is 4.90 Å². The van der Waals surface area contributed by atoms with Gasteiger partial charge in [-0.15, -0.1) is 0 Å². The van der Waals surface area contributed by atoms with Crippen LogP contribution in [0.25, 0.3) is 0 Å². The Morgan fingerprint density at radius 2 is 1.71 bits per heavy atom. The Balaban J connectivity index is 2.72. The quantitative estimate of drug-likeness (QED) is 0.841. The molecule has 0 radical (unpaired) electrons. The van der Waals surface area contributed by atoms with Gasteiger partial charge in [0.25, 0.3) is 0 Å². The van der Waals surface area contributed by atoms with Crippen LogP contribution in [0.4, 0.5) is 0 Å². The van der Waals surface area contributed by atoms with Crippen LogP contribution in [0.3, 0.4) is 0 Å². The number of hydrogen-bond donors (Lipinski definition) is 2. The van der Waals surface area contributed by atoms with E-state index in [1.165, 1.54) is 0 Å². The van der Waals surface area contributed by atoms with Gasteiger partial charge in [-0.2, -0.15) is 0 Å². The lowest BCUT2D eigenvalue weighted by Gasteiger charge is -2.20. The van der Waals surface area contributed by atoms with Crippen LogP contribution in [0.2, 0.25) is 0 Å². The summed E-state index contributed by atoms with van der Waals surface area (Å²) < 4.78 is 26.9. The molecule has 5 nitrogen and oxygen atoms in total. The maximum atomic E-state index is 12.1. The predicted molar refractivity (Wildman–Crippen MR) is 83.5 cm³/mol. The molecule has 2 N–H and O–H groups in total. The van der Waals surface area contributed by atoms with Crippen LogP contribution in [0.5, 0.6) is 0 Å². The summed E-state index contributed by atoms with van der Waals surface area (Å²) in [6.45, 7) is 7.88. The Morgan fingerprint density at radius 1 is 1.14 bits per heavy atom. The number of sulfonamides is 1. The van der Waals surface area contributed by atoms with Crippen molar-refractivity contribution >= 4 is 15.9 Å². The van der Waals surface area contributed by atoms with Crippen molar-refractivity contribution in [2.45, 2.75) is 51.0 Å². The Labute approximate surface area is 127 Å². The van der Waals surface area contributed by atoms with E-state index in [1.54, 1.807) is 45.0 Å². The first kappa shape index (κ1) is 17.7. The predicted octanol–water partition coefficient (Wildman–Crippen LogP) is 1.83. The number of benzene rings is 1. The highest BCUT2D eigenvalue weighted by Gasteiger charge is 2.21. The van der Waals surface area contributed by atoms with E-state index in [1.807, 2.05) is 6.92 Å². The van der Waals surface area contributed by atoms with Crippen molar-refractivity contribution in [2.24, 2.45) is 0 Å². The van der Waals surface area contributed by atoms with Crippen molar-refractivity contribution in [3.63, 3.8) is 0 Å². The summed E-state index contributed by atoms with van der Waals surface area (Å²) in [4.78, 5) is 11.6. The van der Waals surface area contributed by atoms with E-state index in [9.17, 15) is 13.2 Å². The highest BCUT2D eigenvalue weighted by molar-refractivity contribution is 7.89. The van der Waals surface area contributed by atoms with Crippen LogP contribution in [0.1, 0.15) is 39.7 Å². The number of rotatable bonds is 6. The fourth-order valence-corrected chi connectivity index (χ4v) is 3.26. The van der Waals surface area contributed by atoms with Crippen molar-refractivity contribution in [2.75, 3.05) is 6.54 Å². The molecular weight excluding hydrogens is 288 g/mol. The zero-order valence-corrected chi connectivity index (χ0v) is 13.9. The van der Waals surface area contributed by atoms with Crippen LogP contribution in [0, 0.1) is 0 Å². The lowest BCUT2D eigenvalue weighted by Crippen LogP contribution is -2.40. The van der Waals surface area contributed by atoms with Crippen molar-refractivity contribution in [1.29, 1.82) is 0 Å². The SMILES string of the molecule is CCNC(=O)CCc1ccc(S(=O)(=O)NC(C)(C)C)cc1. The molecule has 0 aliphatic carbocycles. The molecule has 21 heavy (non-hydrogen) atoms. The van der Waals surface area contributed by atoms with Gasteiger partial charge in [-0.3, -0.25) is 4.79 Å². The molecule has 0 atom stereocenters. The minimum atomic E-state index is -3.50. The number of nitrogens with one attached hydrogen (secondary N) is 2. The monoisotopic (exact) mass is 312 g/mol. The van der Waals surface area contributed by atoms with E-state index in [2.05, 4.69) is 10.0 Å². The molecule has 0 saturated heterocycles. The van der Waals surface area contributed by atoms with Crippen molar-refractivity contribution < 1.29 is 13.2 Å². The Kier molecular flexibility index (Phi) is 5.92. The van der Waals surface area contributed by atoms with Crippen molar-refractivity contribution in [3.05, 3.63) is 29.8 Å². The molecule has 1 amide bonds. The highest BCUT2D eigenvalue weighted by Crippen LogP contribution is 2.14. The molecule has 1 rings (SSSR count). The average molecular weight is 312 g/mol. The Morgan fingerprint density at radius 3 is 2.19 bits per heavy atom. The molecule has 1 aromatic rings. The van der Waals surface area contributed by atoms with Crippen molar-refractivity contribution in [1.82, 2.24) is 10.0 Å². The molecule has 0 bridgehead atoms. The molecule has 118 valence electrons. The summed E-state index contributed by atoms with van der Waals surface area (Å²) >= 11 is 0. The van der Waals surface area contributed by atoms with Crippen LogP contribution < -0.4 is 10.0 Å². The average Bonchev–Trinajstić information content (AvgIpc) is 2.34. The fraction of sp³-hybridized carbons (Fsp3) is 0.533. The van der Waals surface area contributed by atoms with E-state index in [-0.39, 0.29) is 10.8 Å². The van der Waals surface area contributed by atoms with E-state index in [4.69, 9.17) is 0 Å². The topological polar surface area (TPSA) is 75.3 Å². The lowest BCUT2D eigenvalue weighted by atomic mass is 10.1. The molecule has 0 unspecified atom stereocenters. The molecule has 0 fully saturated rings. The number of aryl methyl sites for hydroxylation is 1. The van der Waals surface area contributed by atoms with Gasteiger partial charge in [0, 0.05) is 18.5 Å². The maximum Gasteiger partial charge on any atom is 0.241 e. The van der Waals surface area contributed by atoms with Gasteiger partial charge in [-0.1, -0.05) is 12.1 Å². The van der Waals surface area contributed by atoms with Crippen LogP contribution in [-0.4, -0.2) is 26.4 Å². The summed E-state index contributed by atoms with van der Waals surface area (Å²) in [6, 6.07) is 6.63. The Hall–Kier alpha value is -1.40. The molecule has 6 heteroatoms. The zero-order chi connectivity index (χ0) is 16.1. The summed E-state index contributed by atoms with van der Waals surface area (Å²) in [5.74, 6) is 0.00333. The van der Waals surface area contributed by atoms with E-state index < -0.39 is 15.6 Å². The third-order valence-electron chi connectivity index (χ3n) is 2.69. The minimum absolute atomic E-state index is 0.00333. The van der Waals surface area contributed by atoms with Gasteiger partial charge in [0.15, 0.2) is 0 Å². The summed E-state index contributed by atoms with van der Waals surface area (Å²) in [5.41, 5.74) is 0.423. The van der Waals surface area contributed by atoms with Gasteiger partial charge in [0.2, 0.25) is 15.9 Å². The first-order valence-electron chi connectivity index (χ1n) is 7.03. The number of amides is 1. The summed E-state index contributed by atoms with van der Waals surface area (Å²) in [5, 5.41) is 2.73. The fourth-order valence-electron chi connectivity index (χ4n) is 1.84. The van der Waals surface area contributed by atoms with Gasteiger partial charge >= 0.3 is 0 Å². The van der Waals surface area contributed by atoms with E-state index >= 15 is 0 Å². The molecular formula is C15H24N2O3S. The van der Waals surface area contributed by atoms with Gasteiger partial charge in [-0.05, 0) is 51.8 Å². The molecule has 0 saturated carbocycles. The zero-order valence-electron chi connectivity index (χ0n) is 13.1. The largest absolute Gasteiger partial charge is 0.356 e.